The van der Waals surface area contributed by atoms with Gasteiger partial charge in [-0.15, -0.1) is 0 Å². The number of hydrogen-bond donors (Lipinski definition) is 0. The van der Waals surface area contributed by atoms with Crippen LogP contribution in [0, 0.1) is 0 Å². The number of rotatable bonds is 6. The first-order valence-corrected chi connectivity index (χ1v) is 10.4. The predicted molar refractivity (Wildman–Crippen MR) is 99.2 cm³/mol. The quantitative estimate of drug-likeness (QED) is 0.509. The predicted octanol–water partition coefficient (Wildman–Crippen LogP) is 0.805. The molecule has 0 aromatic heterocycles. The minimum atomic E-state index is -3.54. The van der Waals surface area contributed by atoms with Crippen LogP contribution in [0.5, 0.6) is 0 Å². The van der Waals surface area contributed by atoms with Crippen molar-refractivity contribution in [2.24, 2.45) is 5.10 Å². The highest BCUT2D eigenvalue weighted by Crippen LogP contribution is 2.21. The molecule has 28 heavy (non-hydrogen) atoms. The number of Topliss-reactive ketones (excluding diaryl/α,β-unsaturated/α-hetero) is 1. The second-order valence-electron chi connectivity index (χ2n) is 6.60. The number of ketones is 1. The molecule has 3 rings (SSSR count). The molecule has 0 atom stereocenters. The van der Waals surface area contributed by atoms with Crippen molar-refractivity contribution in [3.63, 3.8) is 0 Å². The van der Waals surface area contributed by atoms with Crippen LogP contribution in [0.1, 0.15) is 36.0 Å². The van der Waals surface area contributed by atoms with Gasteiger partial charge in [-0.25, -0.2) is 18.2 Å². The summed E-state index contributed by atoms with van der Waals surface area (Å²) in [4.78, 5) is 35.7. The summed E-state index contributed by atoms with van der Waals surface area (Å²) in [5.74, 6) is -1.41. The molecule has 0 radical (unpaired) electrons. The fraction of sp³-hybridized carbons (Fsp3) is 0.444. The standard InChI is InChI=1S/C18H21N3O6S/c1-20-17(23)9-8-15(19-20)18(24)27-12-16(22)13-4-6-14(7-5-13)28(25,26)21-10-2-3-11-21/h4-7H,2-3,8-12H2,1H3. The van der Waals surface area contributed by atoms with Gasteiger partial charge in [-0.05, 0) is 37.1 Å². The Labute approximate surface area is 163 Å². The molecule has 2 heterocycles. The summed E-state index contributed by atoms with van der Waals surface area (Å²) < 4.78 is 31.4. The van der Waals surface area contributed by atoms with Gasteiger partial charge in [0.25, 0.3) is 0 Å². The van der Waals surface area contributed by atoms with E-state index in [0.29, 0.717) is 13.1 Å². The highest BCUT2D eigenvalue weighted by Gasteiger charge is 2.27. The molecule has 150 valence electrons. The van der Waals surface area contributed by atoms with E-state index in [1.54, 1.807) is 0 Å². The molecule has 1 aromatic rings. The average molecular weight is 407 g/mol. The van der Waals surface area contributed by atoms with Crippen molar-refractivity contribution in [3.05, 3.63) is 29.8 Å². The highest BCUT2D eigenvalue weighted by atomic mass is 32.2. The van der Waals surface area contributed by atoms with E-state index in [1.807, 2.05) is 0 Å². The zero-order valence-electron chi connectivity index (χ0n) is 15.5. The lowest BCUT2D eigenvalue weighted by Crippen LogP contribution is -2.33. The van der Waals surface area contributed by atoms with Gasteiger partial charge in [-0.2, -0.15) is 9.41 Å². The van der Waals surface area contributed by atoms with Gasteiger partial charge in [0.05, 0.1) is 4.90 Å². The number of carbonyl (C=O) groups is 3. The molecule has 0 aliphatic carbocycles. The molecule has 1 fully saturated rings. The number of benzene rings is 1. The number of hydrogen-bond acceptors (Lipinski definition) is 7. The van der Waals surface area contributed by atoms with Gasteiger partial charge >= 0.3 is 5.97 Å². The van der Waals surface area contributed by atoms with Crippen molar-refractivity contribution in [2.45, 2.75) is 30.6 Å². The summed E-state index contributed by atoms with van der Waals surface area (Å²) in [6.07, 6.45) is 2.01. The monoisotopic (exact) mass is 407 g/mol. The summed E-state index contributed by atoms with van der Waals surface area (Å²) in [5, 5.41) is 4.90. The van der Waals surface area contributed by atoms with Crippen molar-refractivity contribution in [1.82, 2.24) is 9.31 Å². The van der Waals surface area contributed by atoms with Crippen molar-refractivity contribution in [2.75, 3.05) is 26.7 Å². The highest BCUT2D eigenvalue weighted by molar-refractivity contribution is 7.89. The van der Waals surface area contributed by atoms with Gasteiger partial charge in [-0.1, -0.05) is 0 Å². The topological polar surface area (TPSA) is 113 Å². The minimum Gasteiger partial charge on any atom is -0.453 e. The maximum atomic E-state index is 12.5. The van der Waals surface area contributed by atoms with Gasteiger partial charge in [0, 0.05) is 38.5 Å². The van der Waals surface area contributed by atoms with E-state index in [1.165, 1.54) is 35.6 Å². The van der Waals surface area contributed by atoms with Gasteiger partial charge in [-0.3, -0.25) is 9.59 Å². The number of ether oxygens (including phenoxy) is 1. The Kier molecular flexibility index (Phi) is 5.90. The zero-order chi connectivity index (χ0) is 20.3. The van der Waals surface area contributed by atoms with Crippen LogP contribution in [0.3, 0.4) is 0 Å². The summed E-state index contributed by atoms with van der Waals surface area (Å²) in [6.45, 7) is 0.515. The maximum absolute atomic E-state index is 12.5. The summed E-state index contributed by atoms with van der Waals surface area (Å²) in [7, 11) is -2.10. The molecule has 0 N–H and O–H groups in total. The molecule has 0 bridgehead atoms. The van der Waals surface area contributed by atoms with Crippen molar-refractivity contribution in [3.8, 4) is 0 Å². The number of amides is 1. The van der Waals surface area contributed by atoms with Gasteiger partial charge < -0.3 is 4.74 Å². The Hall–Kier alpha value is -2.59. The Morgan fingerprint density at radius 2 is 1.75 bits per heavy atom. The van der Waals surface area contributed by atoms with Crippen molar-refractivity contribution in [1.29, 1.82) is 0 Å². The third-order valence-corrected chi connectivity index (χ3v) is 6.57. The first-order chi connectivity index (χ1) is 13.3. The number of esters is 1. The lowest BCUT2D eigenvalue weighted by atomic mass is 10.1. The molecule has 9 nitrogen and oxygen atoms in total. The Bertz CT molecular complexity index is 917. The van der Waals surface area contributed by atoms with Crippen molar-refractivity contribution < 1.29 is 27.5 Å². The van der Waals surface area contributed by atoms with Crippen LogP contribution >= 0.6 is 0 Å². The molecule has 0 unspecified atom stereocenters. The molecule has 2 aliphatic heterocycles. The Morgan fingerprint density at radius 1 is 1.11 bits per heavy atom. The van der Waals surface area contributed by atoms with E-state index in [2.05, 4.69) is 5.10 Å². The van der Waals surface area contributed by atoms with Gasteiger partial charge in [0.2, 0.25) is 15.9 Å². The Morgan fingerprint density at radius 3 is 2.36 bits per heavy atom. The van der Waals surface area contributed by atoms with Crippen LogP contribution in [-0.4, -0.2) is 67.8 Å². The van der Waals surface area contributed by atoms with Gasteiger partial charge in [0.15, 0.2) is 12.4 Å². The van der Waals surface area contributed by atoms with E-state index in [-0.39, 0.29) is 34.9 Å². The van der Waals surface area contributed by atoms with E-state index in [9.17, 15) is 22.8 Å². The average Bonchev–Trinajstić information content (AvgIpc) is 3.24. The molecule has 2 aliphatic rings. The van der Waals surface area contributed by atoms with Crippen LogP contribution in [0.2, 0.25) is 0 Å². The first kappa shape index (κ1) is 20.2. The smallest absolute Gasteiger partial charge is 0.354 e. The largest absolute Gasteiger partial charge is 0.453 e. The lowest BCUT2D eigenvalue weighted by Gasteiger charge is -2.18. The van der Waals surface area contributed by atoms with E-state index >= 15 is 0 Å². The molecule has 10 heteroatoms. The molecule has 1 amide bonds. The number of nitrogens with zero attached hydrogens (tertiary/aromatic N) is 3. The van der Waals surface area contributed by atoms with Crippen LogP contribution in [0.25, 0.3) is 0 Å². The first-order valence-electron chi connectivity index (χ1n) is 8.93. The molecule has 0 saturated carbocycles. The van der Waals surface area contributed by atoms with E-state index < -0.39 is 28.4 Å². The minimum absolute atomic E-state index is 0.0851. The normalized spacial score (nSPS) is 18.1. The fourth-order valence-corrected chi connectivity index (χ4v) is 4.52. The molecule has 1 aromatic carbocycles. The second-order valence-corrected chi connectivity index (χ2v) is 8.54. The molecular formula is C18H21N3O6S. The van der Waals surface area contributed by atoms with Gasteiger partial charge in [0.1, 0.15) is 5.71 Å². The van der Waals surface area contributed by atoms with Crippen LogP contribution in [-0.2, 0) is 24.3 Å². The third kappa shape index (κ3) is 4.28. The summed E-state index contributed by atoms with van der Waals surface area (Å²) >= 11 is 0. The number of sulfonamides is 1. The number of carbonyl (C=O) groups excluding carboxylic acids is 3. The zero-order valence-corrected chi connectivity index (χ0v) is 16.3. The maximum Gasteiger partial charge on any atom is 0.354 e. The lowest BCUT2D eigenvalue weighted by molar-refractivity contribution is -0.135. The second kappa shape index (κ2) is 8.19. The summed E-state index contributed by atoms with van der Waals surface area (Å²) in [6, 6.07) is 5.58. The Balaban J connectivity index is 1.60. The van der Waals surface area contributed by atoms with Crippen molar-refractivity contribution >= 4 is 33.4 Å². The van der Waals surface area contributed by atoms with Crippen LogP contribution in [0.15, 0.2) is 34.3 Å². The number of hydrazone groups is 1. The van der Waals surface area contributed by atoms with Crippen LogP contribution in [0.4, 0.5) is 0 Å². The summed E-state index contributed by atoms with van der Waals surface area (Å²) in [5.41, 5.74) is 0.327. The SMILES string of the molecule is CN1N=C(C(=O)OCC(=O)c2ccc(S(=O)(=O)N3CCCC3)cc2)CCC1=O. The fourth-order valence-electron chi connectivity index (χ4n) is 3.00. The third-order valence-electron chi connectivity index (χ3n) is 4.66. The molecule has 0 spiro atoms. The van der Waals surface area contributed by atoms with E-state index in [0.717, 1.165) is 17.9 Å². The van der Waals surface area contributed by atoms with Crippen LogP contribution < -0.4 is 0 Å². The molecule has 1 saturated heterocycles. The van der Waals surface area contributed by atoms with E-state index in [4.69, 9.17) is 4.74 Å². The molecular weight excluding hydrogens is 386 g/mol.